The smallest absolute Gasteiger partial charge is 0.300 e. The van der Waals surface area contributed by atoms with Crippen molar-refractivity contribution in [1.82, 2.24) is 0 Å². The SMILES string of the molecule is COc1ccc(N2C(=O)C(=O)/C(=C(\O)c3ccc4c(c3)N(C)CCO4)C2c2cccc(C)c2)cc1Cl. The zero-order chi connectivity index (χ0) is 25.6. The van der Waals surface area contributed by atoms with Crippen LogP contribution in [0.2, 0.25) is 5.02 Å². The number of aliphatic hydroxyl groups excluding tert-OH is 1. The first kappa shape index (κ1) is 23.8. The average molecular weight is 505 g/mol. The minimum Gasteiger partial charge on any atom is -0.507 e. The number of rotatable bonds is 4. The Morgan fingerprint density at radius 3 is 2.64 bits per heavy atom. The Balaban J connectivity index is 1.70. The number of methoxy groups -OCH3 is 1. The minimum atomic E-state index is -0.848. The molecule has 1 N–H and O–H groups in total. The largest absolute Gasteiger partial charge is 0.507 e. The van der Waals surface area contributed by atoms with Gasteiger partial charge in [0.25, 0.3) is 11.7 Å². The van der Waals surface area contributed by atoms with Crippen molar-refractivity contribution in [2.75, 3.05) is 37.1 Å². The number of fused-ring (bicyclic) bond motifs is 1. The van der Waals surface area contributed by atoms with Gasteiger partial charge in [0.05, 0.1) is 36.0 Å². The molecule has 3 aromatic rings. The molecule has 8 heteroatoms. The molecular formula is C28H25ClN2O5. The number of hydrogen-bond donors (Lipinski definition) is 1. The predicted octanol–water partition coefficient (Wildman–Crippen LogP) is 5.11. The number of anilines is 2. The molecule has 2 aliphatic rings. The zero-order valence-electron chi connectivity index (χ0n) is 20.1. The van der Waals surface area contributed by atoms with Crippen molar-refractivity contribution in [1.29, 1.82) is 0 Å². The Morgan fingerprint density at radius 2 is 1.92 bits per heavy atom. The van der Waals surface area contributed by atoms with Crippen LogP contribution in [-0.2, 0) is 9.59 Å². The van der Waals surface area contributed by atoms with Gasteiger partial charge in [0, 0.05) is 18.3 Å². The summed E-state index contributed by atoms with van der Waals surface area (Å²) in [6.07, 6.45) is 0. The van der Waals surface area contributed by atoms with Crippen molar-refractivity contribution in [2.24, 2.45) is 0 Å². The highest BCUT2D eigenvalue weighted by atomic mass is 35.5. The Labute approximate surface area is 214 Å². The van der Waals surface area contributed by atoms with E-state index >= 15 is 0 Å². The lowest BCUT2D eigenvalue weighted by Crippen LogP contribution is -2.29. The van der Waals surface area contributed by atoms with Crippen molar-refractivity contribution >= 4 is 40.4 Å². The maximum Gasteiger partial charge on any atom is 0.300 e. The molecule has 1 fully saturated rings. The van der Waals surface area contributed by atoms with E-state index in [9.17, 15) is 14.7 Å². The van der Waals surface area contributed by atoms with E-state index in [2.05, 4.69) is 0 Å². The third-order valence-electron chi connectivity index (χ3n) is 6.54. The molecule has 2 aliphatic heterocycles. The van der Waals surface area contributed by atoms with Gasteiger partial charge in [-0.1, -0.05) is 41.4 Å². The van der Waals surface area contributed by atoms with Crippen LogP contribution in [0.3, 0.4) is 0 Å². The number of likely N-dealkylation sites (N-methyl/N-ethyl adjacent to an activating group) is 1. The molecule has 1 saturated heterocycles. The van der Waals surface area contributed by atoms with E-state index in [1.807, 2.05) is 43.1 Å². The predicted molar refractivity (Wildman–Crippen MR) is 139 cm³/mol. The van der Waals surface area contributed by atoms with E-state index in [0.717, 1.165) is 11.3 Å². The number of aliphatic hydroxyl groups is 1. The number of carbonyl (C=O) groups excluding carboxylic acids is 2. The van der Waals surface area contributed by atoms with Crippen LogP contribution in [0.1, 0.15) is 22.7 Å². The second-order valence-electron chi connectivity index (χ2n) is 8.85. The van der Waals surface area contributed by atoms with Gasteiger partial charge < -0.3 is 19.5 Å². The van der Waals surface area contributed by atoms with Gasteiger partial charge in [-0.15, -0.1) is 0 Å². The van der Waals surface area contributed by atoms with Gasteiger partial charge in [0.1, 0.15) is 23.9 Å². The Hall–Kier alpha value is -3.97. The number of carbonyl (C=O) groups is 2. The molecule has 0 aromatic heterocycles. The molecule has 1 amide bonds. The molecule has 3 aromatic carbocycles. The lowest BCUT2D eigenvalue weighted by molar-refractivity contribution is -0.132. The van der Waals surface area contributed by atoms with Gasteiger partial charge in [-0.05, 0) is 48.9 Å². The molecule has 0 saturated carbocycles. The quantitative estimate of drug-likeness (QED) is 0.302. The topological polar surface area (TPSA) is 79.3 Å². The van der Waals surface area contributed by atoms with Crippen molar-refractivity contribution in [3.8, 4) is 11.5 Å². The zero-order valence-corrected chi connectivity index (χ0v) is 20.9. The van der Waals surface area contributed by atoms with Crippen LogP contribution < -0.4 is 19.3 Å². The summed E-state index contributed by atoms with van der Waals surface area (Å²) in [5.74, 6) is -0.618. The minimum absolute atomic E-state index is 0.0110. The summed E-state index contributed by atoms with van der Waals surface area (Å²) >= 11 is 6.36. The van der Waals surface area contributed by atoms with Gasteiger partial charge in [-0.25, -0.2) is 0 Å². The number of ether oxygens (including phenoxy) is 2. The Morgan fingerprint density at radius 1 is 1.11 bits per heavy atom. The number of benzene rings is 3. The van der Waals surface area contributed by atoms with Crippen LogP contribution >= 0.6 is 11.6 Å². The highest BCUT2D eigenvalue weighted by molar-refractivity contribution is 6.51. The summed E-state index contributed by atoms with van der Waals surface area (Å²) in [6, 6.07) is 16.8. The summed E-state index contributed by atoms with van der Waals surface area (Å²) < 4.78 is 11.0. The van der Waals surface area contributed by atoms with E-state index in [4.69, 9.17) is 21.1 Å². The molecule has 0 bridgehead atoms. The van der Waals surface area contributed by atoms with Crippen LogP contribution in [-0.4, -0.2) is 44.1 Å². The van der Waals surface area contributed by atoms with Gasteiger partial charge in [0.15, 0.2) is 0 Å². The van der Waals surface area contributed by atoms with Crippen LogP contribution in [0, 0.1) is 6.92 Å². The normalized spacial score (nSPS) is 18.7. The van der Waals surface area contributed by atoms with Crippen molar-refractivity contribution < 1.29 is 24.2 Å². The highest BCUT2D eigenvalue weighted by Crippen LogP contribution is 2.44. The van der Waals surface area contributed by atoms with Crippen LogP contribution in [0.15, 0.2) is 66.2 Å². The fraction of sp³-hybridized carbons (Fsp3) is 0.214. The fourth-order valence-corrected chi connectivity index (χ4v) is 4.97. The third kappa shape index (κ3) is 3.95. The molecule has 2 heterocycles. The maximum atomic E-state index is 13.4. The number of halogens is 1. The molecular weight excluding hydrogens is 480 g/mol. The third-order valence-corrected chi connectivity index (χ3v) is 6.84. The van der Waals surface area contributed by atoms with Gasteiger partial charge in [-0.3, -0.25) is 14.5 Å². The van der Waals surface area contributed by atoms with Crippen LogP contribution in [0.4, 0.5) is 11.4 Å². The van der Waals surface area contributed by atoms with Crippen molar-refractivity contribution in [3.63, 3.8) is 0 Å². The first-order chi connectivity index (χ1) is 17.3. The number of Topliss-reactive ketones (excluding diaryl/α,β-unsaturated/α-hetero) is 1. The van der Waals surface area contributed by atoms with E-state index in [0.29, 0.717) is 46.5 Å². The van der Waals surface area contributed by atoms with Crippen LogP contribution in [0.25, 0.3) is 5.76 Å². The molecule has 184 valence electrons. The molecule has 36 heavy (non-hydrogen) atoms. The summed E-state index contributed by atoms with van der Waals surface area (Å²) in [5.41, 5.74) is 3.31. The summed E-state index contributed by atoms with van der Waals surface area (Å²) in [5, 5.41) is 11.8. The molecule has 5 rings (SSSR count). The summed E-state index contributed by atoms with van der Waals surface area (Å²) in [7, 11) is 3.44. The molecule has 0 radical (unpaired) electrons. The molecule has 0 spiro atoms. The lowest BCUT2D eigenvalue weighted by Gasteiger charge is -2.28. The number of ketones is 1. The second kappa shape index (κ2) is 9.24. The average Bonchev–Trinajstić information content (AvgIpc) is 3.14. The fourth-order valence-electron chi connectivity index (χ4n) is 4.71. The van der Waals surface area contributed by atoms with E-state index in [1.165, 1.54) is 12.0 Å². The number of hydrogen-bond acceptors (Lipinski definition) is 6. The lowest BCUT2D eigenvalue weighted by atomic mass is 9.94. The first-order valence-electron chi connectivity index (χ1n) is 11.5. The molecule has 0 aliphatic carbocycles. The van der Waals surface area contributed by atoms with Gasteiger partial charge >= 0.3 is 0 Å². The molecule has 7 nitrogen and oxygen atoms in total. The highest BCUT2D eigenvalue weighted by Gasteiger charge is 2.47. The first-order valence-corrected chi connectivity index (χ1v) is 11.9. The van der Waals surface area contributed by atoms with E-state index in [1.54, 1.807) is 36.4 Å². The second-order valence-corrected chi connectivity index (χ2v) is 9.26. The molecule has 1 atom stereocenters. The van der Waals surface area contributed by atoms with Crippen molar-refractivity contribution in [2.45, 2.75) is 13.0 Å². The number of nitrogens with zero attached hydrogens (tertiary/aromatic N) is 2. The van der Waals surface area contributed by atoms with Crippen molar-refractivity contribution in [3.05, 3.63) is 87.9 Å². The van der Waals surface area contributed by atoms with E-state index in [-0.39, 0.29) is 11.3 Å². The van der Waals surface area contributed by atoms with E-state index < -0.39 is 17.7 Å². The Bertz CT molecular complexity index is 1420. The monoisotopic (exact) mass is 504 g/mol. The standard InChI is InChI=1S/C28H25ClN2O5/c1-16-5-4-6-17(13-16)25-24(26(32)18-7-9-23-21(14-18)30(2)11-12-36-23)27(33)28(34)31(25)19-8-10-22(35-3)20(29)15-19/h4-10,13-15,25,32H,11-12H2,1-3H3/b26-24-. The van der Waals surface area contributed by atoms with Gasteiger partial charge in [-0.2, -0.15) is 0 Å². The number of amides is 1. The summed E-state index contributed by atoms with van der Waals surface area (Å²) in [6.45, 7) is 3.19. The van der Waals surface area contributed by atoms with Crippen LogP contribution in [0.5, 0.6) is 11.5 Å². The maximum absolute atomic E-state index is 13.4. The van der Waals surface area contributed by atoms with Gasteiger partial charge in [0.2, 0.25) is 0 Å². The summed E-state index contributed by atoms with van der Waals surface area (Å²) in [4.78, 5) is 30.2. The molecule has 1 unspecified atom stereocenters. The number of aryl methyl sites for hydroxylation is 1. The Kier molecular flexibility index (Phi) is 6.10.